The van der Waals surface area contributed by atoms with E-state index in [9.17, 15) is 13.2 Å². The van der Waals surface area contributed by atoms with E-state index in [1.54, 1.807) is 18.2 Å². The van der Waals surface area contributed by atoms with E-state index in [0.29, 0.717) is 30.1 Å². The van der Waals surface area contributed by atoms with Crippen LogP contribution in [0.5, 0.6) is 0 Å². The maximum absolute atomic E-state index is 12.8. The topological polar surface area (TPSA) is 92.6 Å². The van der Waals surface area contributed by atoms with E-state index in [0.717, 1.165) is 17.3 Å². The summed E-state index contributed by atoms with van der Waals surface area (Å²) >= 11 is 0. The normalized spacial score (nSPS) is 14.1. The number of aliphatic imine (C=N–C) groups is 1. The number of anilines is 1. The fraction of sp³-hybridized carbons (Fsp3) is 0.200. The Hall–Kier alpha value is -3.13. The molecule has 0 radical (unpaired) electrons. The minimum Gasteiger partial charge on any atom is -0.351 e. The molecule has 1 aliphatic rings. The second kappa shape index (κ2) is 7.12. The van der Waals surface area contributed by atoms with Crippen molar-refractivity contribution in [3.63, 3.8) is 0 Å². The van der Waals surface area contributed by atoms with Crippen LogP contribution in [0.3, 0.4) is 0 Å². The zero-order chi connectivity index (χ0) is 19.7. The Morgan fingerprint density at radius 2 is 1.96 bits per heavy atom. The van der Waals surface area contributed by atoms with E-state index in [2.05, 4.69) is 15.0 Å². The van der Waals surface area contributed by atoms with Crippen LogP contribution in [0, 0.1) is 0 Å². The monoisotopic (exact) mass is 396 g/mol. The maximum Gasteiger partial charge on any atom is 0.262 e. The highest BCUT2D eigenvalue weighted by Gasteiger charge is 2.19. The fourth-order valence-corrected chi connectivity index (χ4v) is 4.41. The van der Waals surface area contributed by atoms with Gasteiger partial charge in [-0.1, -0.05) is 12.1 Å². The van der Waals surface area contributed by atoms with E-state index in [4.69, 9.17) is 0 Å². The largest absolute Gasteiger partial charge is 0.351 e. The zero-order valence-corrected chi connectivity index (χ0v) is 16.2. The van der Waals surface area contributed by atoms with E-state index < -0.39 is 10.0 Å². The number of carbonyl (C=O) groups excluding carboxylic acids is 1. The third-order valence-electron chi connectivity index (χ3n) is 4.70. The van der Waals surface area contributed by atoms with Gasteiger partial charge in [-0.15, -0.1) is 0 Å². The zero-order valence-electron chi connectivity index (χ0n) is 15.3. The summed E-state index contributed by atoms with van der Waals surface area (Å²) in [5.74, 6) is 0.185. The quantitative estimate of drug-likeness (QED) is 0.710. The number of aromatic nitrogens is 1. The van der Waals surface area contributed by atoms with Gasteiger partial charge in [0.15, 0.2) is 0 Å². The van der Waals surface area contributed by atoms with Crippen LogP contribution in [0.1, 0.15) is 23.2 Å². The first-order valence-corrected chi connectivity index (χ1v) is 10.4. The molecule has 8 heteroatoms. The van der Waals surface area contributed by atoms with Gasteiger partial charge in [-0.3, -0.25) is 14.5 Å². The van der Waals surface area contributed by atoms with Crippen molar-refractivity contribution in [2.45, 2.75) is 17.7 Å². The van der Waals surface area contributed by atoms with Crippen molar-refractivity contribution < 1.29 is 13.2 Å². The number of nitrogens with zero attached hydrogens (tertiary/aromatic N) is 2. The van der Waals surface area contributed by atoms with Crippen LogP contribution >= 0.6 is 0 Å². The van der Waals surface area contributed by atoms with Gasteiger partial charge < -0.3 is 9.88 Å². The lowest BCUT2D eigenvalue weighted by Crippen LogP contribution is -2.29. The lowest BCUT2D eigenvalue weighted by molar-refractivity contribution is 0.102. The Morgan fingerprint density at radius 1 is 1.14 bits per heavy atom. The summed E-state index contributed by atoms with van der Waals surface area (Å²) in [6.07, 6.45) is 3.36. The summed E-state index contributed by atoms with van der Waals surface area (Å²) in [4.78, 5) is 17.0. The van der Waals surface area contributed by atoms with Gasteiger partial charge in [0.25, 0.3) is 15.9 Å². The summed E-state index contributed by atoms with van der Waals surface area (Å²) in [6.45, 7) is 0.638. The van der Waals surface area contributed by atoms with Crippen LogP contribution in [-0.4, -0.2) is 31.3 Å². The van der Waals surface area contributed by atoms with Gasteiger partial charge in [-0.2, -0.15) is 0 Å². The molecule has 2 aromatic carbocycles. The Labute approximate surface area is 163 Å². The van der Waals surface area contributed by atoms with Gasteiger partial charge in [-0.05, 0) is 42.8 Å². The predicted octanol–water partition coefficient (Wildman–Crippen LogP) is 2.90. The third-order valence-corrected chi connectivity index (χ3v) is 6.08. The molecular formula is C20H20N4O3S. The summed E-state index contributed by atoms with van der Waals surface area (Å²) < 4.78 is 29.6. The number of amides is 1. The molecule has 0 atom stereocenters. The van der Waals surface area contributed by atoms with E-state index in [1.165, 1.54) is 12.1 Å². The van der Waals surface area contributed by atoms with Crippen LogP contribution in [0.15, 0.2) is 64.6 Å². The molecule has 3 aromatic rings. The highest BCUT2D eigenvalue weighted by Crippen LogP contribution is 2.22. The Kier molecular flexibility index (Phi) is 4.64. The lowest BCUT2D eigenvalue weighted by Gasteiger charge is -2.10. The Bertz CT molecular complexity index is 1200. The molecule has 144 valence electrons. The van der Waals surface area contributed by atoms with Gasteiger partial charge in [0, 0.05) is 48.4 Å². The first-order chi connectivity index (χ1) is 13.4. The highest BCUT2D eigenvalue weighted by atomic mass is 32.2. The number of aryl methyl sites for hydroxylation is 1. The fourth-order valence-electron chi connectivity index (χ4n) is 3.28. The SMILES string of the molecule is Cn1ccc2c(C(=O)Nc3cccc(S(=O)(=O)NC4=NCCC4)c3)cccc21. The molecule has 0 saturated carbocycles. The van der Waals surface area contributed by atoms with Crippen molar-refractivity contribution >= 4 is 38.4 Å². The van der Waals surface area contributed by atoms with Crippen molar-refractivity contribution in [1.82, 2.24) is 9.29 Å². The van der Waals surface area contributed by atoms with Crippen LogP contribution in [0.25, 0.3) is 10.9 Å². The first-order valence-electron chi connectivity index (χ1n) is 8.96. The molecular weight excluding hydrogens is 376 g/mol. The molecule has 1 amide bonds. The minimum absolute atomic E-state index is 0.0813. The Balaban J connectivity index is 1.58. The van der Waals surface area contributed by atoms with Crippen LogP contribution in [0.4, 0.5) is 5.69 Å². The standard InChI is InChI=1S/C20H20N4O3S/c1-24-12-10-16-17(7-3-8-18(16)24)20(25)22-14-5-2-6-15(13-14)28(26,27)23-19-9-4-11-21-19/h2-3,5-8,10,12-13H,4,9,11H2,1H3,(H,21,23)(H,22,25). The minimum atomic E-state index is -3.73. The number of amidine groups is 1. The number of sulfonamides is 1. The van der Waals surface area contributed by atoms with Gasteiger partial charge in [0.2, 0.25) is 0 Å². The maximum atomic E-state index is 12.8. The van der Waals surface area contributed by atoms with Crippen molar-refractivity contribution in [3.05, 3.63) is 60.3 Å². The molecule has 2 N–H and O–H groups in total. The van der Waals surface area contributed by atoms with Crippen LogP contribution in [-0.2, 0) is 17.1 Å². The molecule has 7 nitrogen and oxygen atoms in total. The van der Waals surface area contributed by atoms with Gasteiger partial charge in [-0.25, -0.2) is 8.42 Å². The summed E-state index contributed by atoms with van der Waals surface area (Å²) in [5, 5.41) is 3.64. The lowest BCUT2D eigenvalue weighted by atomic mass is 10.1. The van der Waals surface area contributed by atoms with Crippen molar-refractivity contribution in [3.8, 4) is 0 Å². The average Bonchev–Trinajstić information content (AvgIpc) is 3.31. The summed E-state index contributed by atoms with van der Waals surface area (Å²) in [6, 6.07) is 13.6. The van der Waals surface area contributed by atoms with Crippen LogP contribution in [0.2, 0.25) is 0 Å². The number of benzene rings is 2. The van der Waals surface area contributed by atoms with Crippen molar-refractivity contribution in [2.75, 3.05) is 11.9 Å². The number of rotatable bonds is 4. The molecule has 0 saturated heterocycles. The van der Waals surface area contributed by atoms with Crippen molar-refractivity contribution in [1.29, 1.82) is 0 Å². The molecule has 0 aliphatic carbocycles. The number of carbonyl (C=O) groups is 1. The summed E-state index contributed by atoms with van der Waals surface area (Å²) in [5.41, 5.74) is 1.89. The van der Waals surface area contributed by atoms with Gasteiger partial charge in [0.1, 0.15) is 5.84 Å². The second-order valence-corrected chi connectivity index (χ2v) is 8.37. The van der Waals surface area contributed by atoms with E-state index in [1.807, 2.05) is 36.0 Å². The number of hydrogen-bond acceptors (Lipinski definition) is 4. The molecule has 1 aromatic heterocycles. The van der Waals surface area contributed by atoms with Gasteiger partial charge in [0.05, 0.1) is 4.90 Å². The van der Waals surface area contributed by atoms with Crippen molar-refractivity contribution in [2.24, 2.45) is 12.0 Å². The van der Waals surface area contributed by atoms with E-state index in [-0.39, 0.29) is 10.8 Å². The first kappa shape index (κ1) is 18.2. The molecule has 28 heavy (non-hydrogen) atoms. The molecule has 4 rings (SSSR count). The second-order valence-electron chi connectivity index (χ2n) is 6.68. The predicted molar refractivity (Wildman–Crippen MR) is 109 cm³/mol. The third kappa shape index (κ3) is 3.50. The van der Waals surface area contributed by atoms with Gasteiger partial charge >= 0.3 is 0 Å². The Morgan fingerprint density at radius 3 is 2.75 bits per heavy atom. The highest BCUT2D eigenvalue weighted by molar-refractivity contribution is 7.90. The molecule has 1 aliphatic heterocycles. The van der Waals surface area contributed by atoms with E-state index >= 15 is 0 Å². The molecule has 0 spiro atoms. The summed E-state index contributed by atoms with van der Waals surface area (Å²) in [7, 11) is -1.82. The van der Waals surface area contributed by atoms with Crippen LogP contribution < -0.4 is 10.0 Å². The number of nitrogens with one attached hydrogen (secondary N) is 2. The average molecular weight is 396 g/mol. The molecule has 2 heterocycles. The molecule has 0 unspecified atom stereocenters. The number of hydrogen-bond donors (Lipinski definition) is 2. The molecule has 0 fully saturated rings. The molecule has 0 bridgehead atoms. The number of fused-ring (bicyclic) bond motifs is 1. The smallest absolute Gasteiger partial charge is 0.262 e.